The number of likely N-dealkylation sites (tertiary alicyclic amines) is 1. The fourth-order valence-electron chi connectivity index (χ4n) is 4.27. The van der Waals surface area contributed by atoms with Crippen molar-refractivity contribution in [3.8, 4) is 0 Å². The number of nitrogens with one attached hydrogen (secondary N) is 1. The van der Waals surface area contributed by atoms with Gasteiger partial charge in [0.15, 0.2) is 0 Å². The number of rotatable bonds is 3. The van der Waals surface area contributed by atoms with Gasteiger partial charge in [-0.15, -0.1) is 0 Å². The Labute approximate surface area is 155 Å². The fraction of sp³-hybridized carbons (Fsp3) is 0.600. The number of carbonyl (C=O) groups is 1. The third-order valence-electron chi connectivity index (χ3n) is 5.86. The van der Waals surface area contributed by atoms with E-state index in [1.807, 2.05) is 6.07 Å². The summed E-state index contributed by atoms with van der Waals surface area (Å²) in [6, 6.07) is 8.68. The second kappa shape index (κ2) is 7.37. The van der Waals surface area contributed by atoms with E-state index in [2.05, 4.69) is 51.9 Å². The third kappa shape index (κ3) is 3.48. The number of hydrogen-bond donors (Lipinski definition) is 1. The summed E-state index contributed by atoms with van der Waals surface area (Å²) in [6.45, 7) is 7.57. The molecule has 0 aliphatic carbocycles. The van der Waals surface area contributed by atoms with Gasteiger partial charge >= 0.3 is 0 Å². The monoisotopic (exact) mass is 355 g/mol. The lowest BCUT2D eigenvalue weighted by Gasteiger charge is -2.37. The van der Waals surface area contributed by atoms with Gasteiger partial charge in [0.2, 0.25) is 5.91 Å². The second-order valence-electron chi connectivity index (χ2n) is 7.77. The van der Waals surface area contributed by atoms with Crippen molar-refractivity contribution in [2.24, 2.45) is 13.0 Å². The van der Waals surface area contributed by atoms with Crippen LogP contribution in [0.2, 0.25) is 0 Å². The van der Waals surface area contributed by atoms with E-state index in [0.29, 0.717) is 11.9 Å². The van der Waals surface area contributed by atoms with E-state index in [1.54, 1.807) is 0 Å². The Balaban J connectivity index is 1.34. The molecule has 1 N–H and O–H groups in total. The van der Waals surface area contributed by atoms with Crippen molar-refractivity contribution >= 4 is 16.9 Å². The summed E-state index contributed by atoms with van der Waals surface area (Å²) in [6.07, 6.45) is 1.92. The number of amides is 1. The van der Waals surface area contributed by atoms with Crippen LogP contribution in [0, 0.1) is 5.92 Å². The smallest absolute Gasteiger partial charge is 0.225 e. The molecular formula is C20H29N5O. The van der Waals surface area contributed by atoms with Crippen LogP contribution in [0.1, 0.15) is 25.6 Å². The van der Waals surface area contributed by atoms with Gasteiger partial charge in [-0.05, 0) is 45.0 Å². The van der Waals surface area contributed by atoms with Gasteiger partial charge in [0, 0.05) is 38.6 Å². The van der Waals surface area contributed by atoms with Gasteiger partial charge < -0.3 is 14.8 Å². The molecule has 1 aromatic carbocycles. The first kappa shape index (κ1) is 17.5. The van der Waals surface area contributed by atoms with Crippen LogP contribution in [-0.2, 0) is 18.4 Å². The minimum atomic E-state index is 0.192. The second-order valence-corrected chi connectivity index (χ2v) is 7.77. The predicted molar refractivity (Wildman–Crippen MR) is 103 cm³/mol. The highest BCUT2D eigenvalue weighted by molar-refractivity contribution is 5.79. The normalized spacial score (nSPS) is 22.8. The summed E-state index contributed by atoms with van der Waals surface area (Å²) in [4.78, 5) is 22.1. The summed E-state index contributed by atoms with van der Waals surface area (Å²) in [5.41, 5.74) is 2.24. The van der Waals surface area contributed by atoms with Gasteiger partial charge in [0.25, 0.3) is 0 Å². The van der Waals surface area contributed by atoms with Crippen LogP contribution in [0.15, 0.2) is 24.3 Å². The summed E-state index contributed by atoms with van der Waals surface area (Å²) in [5.74, 6) is 1.66. The largest absolute Gasteiger partial charge is 0.340 e. The van der Waals surface area contributed by atoms with Gasteiger partial charge in [-0.3, -0.25) is 9.69 Å². The summed E-state index contributed by atoms with van der Waals surface area (Å²) < 4.78 is 2.19. The van der Waals surface area contributed by atoms with Gasteiger partial charge in [-0.2, -0.15) is 0 Å². The number of fused-ring (bicyclic) bond motifs is 1. The van der Waals surface area contributed by atoms with Gasteiger partial charge in [0.1, 0.15) is 5.82 Å². The zero-order valence-electron chi connectivity index (χ0n) is 15.8. The molecule has 2 fully saturated rings. The highest BCUT2D eigenvalue weighted by Crippen LogP contribution is 2.23. The lowest BCUT2D eigenvalue weighted by atomic mass is 9.94. The van der Waals surface area contributed by atoms with Crippen LogP contribution in [0.25, 0.3) is 11.0 Å². The molecule has 1 atom stereocenters. The van der Waals surface area contributed by atoms with E-state index in [9.17, 15) is 4.79 Å². The maximum Gasteiger partial charge on any atom is 0.225 e. The third-order valence-corrected chi connectivity index (χ3v) is 5.86. The van der Waals surface area contributed by atoms with Crippen molar-refractivity contribution in [2.45, 2.75) is 32.4 Å². The Morgan fingerprint density at radius 1 is 1.23 bits per heavy atom. The average Bonchev–Trinajstić information content (AvgIpc) is 2.98. The minimum absolute atomic E-state index is 0.192. The summed E-state index contributed by atoms with van der Waals surface area (Å²) >= 11 is 0. The van der Waals surface area contributed by atoms with Gasteiger partial charge in [-0.1, -0.05) is 12.1 Å². The molecule has 6 heteroatoms. The maximum absolute atomic E-state index is 12.8. The molecule has 0 saturated carbocycles. The Hall–Kier alpha value is -1.92. The summed E-state index contributed by atoms with van der Waals surface area (Å²) in [7, 11) is 2.09. The van der Waals surface area contributed by atoms with Crippen LogP contribution in [0.3, 0.4) is 0 Å². The first-order valence-corrected chi connectivity index (χ1v) is 9.76. The fourth-order valence-corrected chi connectivity index (χ4v) is 4.27. The number of piperazine rings is 1. The molecular weight excluding hydrogens is 326 g/mol. The van der Waals surface area contributed by atoms with Crippen molar-refractivity contribution < 1.29 is 4.79 Å². The molecule has 0 unspecified atom stereocenters. The standard InChI is InChI=1S/C20H29N5O/c1-15-13-25(12-9-21-15)20(26)16-7-10-24(11-8-16)14-19-22-17-5-3-4-6-18(17)23(19)2/h3-6,15-16,21H,7-14H2,1-2H3/t15-/m0/s1. The number of benzene rings is 1. The Kier molecular flexibility index (Phi) is 4.96. The van der Waals surface area contributed by atoms with E-state index in [1.165, 1.54) is 5.52 Å². The van der Waals surface area contributed by atoms with Crippen LogP contribution in [0.4, 0.5) is 0 Å². The topological polar surface area (TPSA) is 53.4 Å². The molecule has 2 aliphatic rings. The lowest BCUT2D eigenvalue weighted by molar-refractivity contribution is -0.138. The number of hydrogen-bond acceptors (Lipinski definition) is 4. The number of para-hydroxylation sites is 2. The first-order chi connectivity index (χ1) is 12.6. The molecule has 0 bridgehead atoms. The van der Waals surface area contributed by atoms with Crippen molar-refractivity contribution in [3.05, 3.63) is 30.1 Å². The molecule has 2 saturated heterocycles. The lowest BCUT2D eigenvalue weighted by Crippen LogP contribution is -2.53. The average molecular weight is 355 g/mol. The van der Waals surface area contributed by atoms with Crippen LogP contribution < -0.4 is 5.32 Å². The van der Waals surface area contributed by atoms with Gasteiger partial charge in [-0.25, -0.2) is 4.98 Å². The highest BCUT2D eigenvalue weighted by Gasteiger charge is 2.30. The molecule has 0 spiro atoms. The van der Waals surface area contributed by atoms with Crippen LogP contribution in [0.5, 0.6) is 0 Å². The van der Waals surface area contributed by atoms with E-state index < -0.39 is 0 Å². The number of carbonyl (C=O) groups excluding carboxylic acids is 1. The minimum Gasteiger partial charge on any atom is -0.340 e. The SMILES string of the molecule is C[C@H]1CN(C(=O)C2CCN(Cc3nc4ccccc4n3C)CC2)CCN1. The van der Waals surface area contributed by atoms with Gasteiger partial charge in [0.05, 0.1) is 17.6 Å². The molecule has 26 heavy (non-hydrogen) atoms. The zero-order valence-corrected chi connectivity index (χ0v) is 15.8. The van der Waals surface area contributed by atoms with E-state index in [4.69, 9.17) is 4.98 Å². The number of nitrogens with zero attached hydrogens (tertiary/aromatic N) is 4. The molecule has 2 aliphatic heterocycles. The molecule has 0 radical (unpaired) electrons. The first-order valence-electron chi connectivity index (χ1n) is 9.76. The molecule has 2 aromatic rings. The van der Waals surface area contributed by atoms with E-state index in [-0.39, 0.29) is 5.92 Å². The Bertz CT molecular complexity index is 778. The number of aryl methyl sites for hydroxylation is 1. The quantitative estimate of drug-likeness (QED) is 0.909. The number of piperidine rings is 1. The Morgan fingerprint density at radius 3 is 2.73 bits per heavy atom. The zero-order chi connectivity index (χ0) is 18.1. The van der Waals surface area contributed by atoms with Crippen molar-refractivity contribution in [1.29, 1.82) is 0 Å². The molecule has 1 aromatic heterocycles. The highest BCUT2D eigenvalue weighted by atomic mass is 16.2. The number of aromatic nitrogens is 2. The molecule has 1 amide bonds. The van der Waals surface area contributed by atoms with Crippen LogP contribution >= 0.6 is 0 Å². The maximum atomic E-state index is 12.8. The summed E-state index contributed by atoms with van der Waals surface area (Å²) in [5, 5.41) is 3.41. The predicted octanol–water partition coefficient (Wildman–Crippen LogP) is 1.61. The van der Waals surface area contributed by atoms with E-state index in [0.717, 1.165) is 63.5 Å². The van der Waals surface area contributed by atoms with Crippen molar-refractivity contribution in [1.82, 2.24) is 24.7 Å². The number of imidazole rings is 1. The van der Waals surface area contributed by atoms with Crippen molar-refractivity contribution in [2.75, 3.05) is 32.7 Å². The molecule has 6 nitrogen and oxygen atoms in total. The van der Waals surface area contributed by atoms with E-state index >= 15 is 0 Å². The van der Waals surface area contributed by atoms with Crippen molar-refractivity contribution in [3.63, 3.8) is 0 Å². The molecule has 4 rings (SSSR count). The Morgan fingerprint density at radius 2 is 2.00 bits per heavy atom. The molecule has 140 valence electrons. The molecule has 3 heterocycles. The van der Waals surface area contributed by atoms with Crippen LogP contribution in [-0.4, -0.2) is 64.0 Å².